The monoisotopic (exact) mass is 218 g/mol. The van der Waals surface area contributed by atoms with E-state index >= 15 is 0 Å². The second-order valence-electron chi connectivity index (χ2n) is 3.33. The van der Waals surface area contributed by atoms with E-state index in [0.717, 1.165) is 0 Å². The van der Waals surface area contributed by atoms with Crippen LogP contribution in [0.15, 0.2) is 41.3 Å². The van der Waals surface area contributed by atoms with E-state index in [2.05, 4.69) is 0 Å². The lowest BCUT2D eigenvalue weighted by Crippen LogP contribution is -2.26. The van der Waals surface area contributed by atoms with E-state index < -0.39 is 11.6 Å². The number of aromatic hydroxyl groups is 1. The highest BCUT2D eigenvalue weighted by Crippen LogP contribution is 2.10. The number of carbonyl (C=O) groups is 1. The summed E-state index contributed by atoms with van der Waals surface area (Å²) < 4.78 is 1.93. The first kappa shape index (κ1) is 10.2. The smallest absolute Gasteiger partial charge is 0.342 e. The number of benzene rings is 1. The summed E-state index contributed by atoms with van der Waals surface area (Å²) in [7, 11) is 0. The van der Waals surface area contributed by atoms with Crippen LogP contribution in [-0.4, -0.2) is 20.1 Å². The normalized spacial score (nSPS) is 10.3. The van der Waals surface area contributed by atoms with Crippen molar-refractivity contribution in [2.24, 2.45) is 0 Å². The van der Waals surface area contributed by atoms with Crippen molar-refractivity contribution < 1.29 is 9.90 Å². The molecule has 0 amide bonds. The van der Waals surface area contributed by atoms with Crippen molar-refractivity contribution in [2.45, 2.75) is 6.92 Å². The van der Waals surface area contributed by atoms with E-state index in [9.17, 15) is 14.7 Å². The molecule has 1 N–H and O–H groups in total. The zero-order valence-corrected chi connectivity index (χ0v) is 8.62. The first-order chi connectivity index (χ1) is 7.61. The van der Waals surface area contributed by atoms with E-state index in [1.54, 1.807) is 24.3 Å². The van der Waals surface area contributed by atoms with Crippen molar-refractivity contribution >= 4 is 5.91 Å². The molecule has 1 aromatic heterocycles. The van der Waals surface area contributed by atoms with Gasteiger partial charge in [-0.1, -0.05) is 18.2 Å². The molecule has 0 aliphatic carbocycles. The van der Waals surface area contributed by atoms with Crippen molar-refractivity contribution in [1.29, 1.82) is 0 Å². The summed E-state index contributed by atoms with van der Waals surface area (Å²) in [5.41, 5.74) is 0.0269. The quantitative estimate of drug-likeness (QED) is 0.776. The fraction of sp³-hybridized carbons (Fsp3) is 0.0909. The van der Waals surface area contributed by atoms with E-state index in [-0.39, 0.29) is 5.88 Å². The third-order valence-corrected chi connectivity index (χ3v) is 2.22. The Kier molecular flexibility index (Phi) is 2.36. The van der Waals surface area contributed by atoms with Crippen LogP contribution < -0.4 is 5.69 Å². The summed E-state index contributed by atoms with van der Waals surface area (Å²) in [5.74, 6) is -0.876. The van der Waals surface area contributed by atoms with Gasteiger partial charge < -0.3 is 5.11 Å². The molecule has 1 aromatic carbocycles. The fourth-order valence-corrected chi connectivity index (χ4v) is 1.50. The zero-order chi connectivity index (χ0) is 11.7. The average Bonchev–Trinajstić information content (AvgIpc) is 2.55. The van der Waals surface area contributed by atoms with E-state index in [0.29, 0.717) is 10.3 Å². The highest BCUT2D eigenvalue weighted by molar-refractivity contribution is 5.77. The topological polar surface area (TPSA) is 64.2 Å². The lowest BCUT2D eigenvalue weighted by atomic mass is 10.3. The minimum atomic E-state index is -0.573. The molecule has 0 saturated carbocycles. The van der Waals surface area contributed by atoms with Gasteiger partial charge in [-0.05, 0) is 12.1 Å². The highest BCUT2D eigenvalue weighted by Gasteiger charge is 2.14. The summed E-state index contributed by atoms with van der Waals surface area (Å²) in [5, 5.41) is 9.47. The molecule has 0 aliphatic rings. The van der Waals surface area contributed by atoms with Crippen LogP contribution in [0.4, 0.5) is 0 Å². The second-order valence-corrected chi connectivity index (χ2v) is 3.33. The first-order valence-corrected chi connectivity index (χ1v) is 4.71. The van der Waals surface area contributed by atoms with E-state index in [4.69, 9.17) is 0 Å². The Morgan fingerprint density at radius 1 is 1.25 bits per heavy atom. The summed E-state index contributed by atoms with van der Waals surface area (Å²) >= 11 is 0. The SMILES string of the molecule is CC(=O)n1c(O)cn(-c2ccccc2)c1=O. The number of rotatable bonds is 1. The molecule has 0 aliphatic heterocycles. The Morgan fingerprint density at radius 2 is 1.88 bits per heavy atom. The molecule has 5 nitrogen and oxygen atoms in total. The van der Waals surface area contributed by atoms with Crippen LogP contribution in [0.5, 0.6) is 5.88 Å². The molecule has 1 heterocycles. The molecule has 2 aromatic rings. The number of carbonyl (C=O) groups excluding carboxylic acids is 1. The molecule has 82 valence electrons. The van der Waals surface area contributed by atoms with E-state index in [1.807, 2.05) is 6.07 Å². The van der Waals surface area contributed by atoms with Gasteiger partial charge in [0, 0.05) is 6.92 Å². The van der Waals surface area contributed by atoms with Gasteiger partial charge in [0.05, 0.1) is 11.9 Å². The molecule has 0 spiro atoms. The molecule has 16 heavy (non-hydrogen) atoms. The Labute approximate surface area is 91.2 Å². The maximum Gasteiger partial charge on any atom is 0.342 e. The van der Waals surface area contributed by atoms with Crippen LogP contribution in [-0.2, 0) is 0 Å². The Hall–Kier alpha value is -2.30. The van der Waals surface area contributed by atoms with E-state index in [1.165, 1.54) is 17.7 Å². The fourth-order valence-electron chi connectivity index (χ4n) is 1.50. The molecule has 0 radical (unpaired) electrons. The molecule has 0 saturated heterocycles. The molecule has 2 rings (SSSR count). The van der Waals surface area contributed by atoms with Crippen molar-refractivity contribution in [3.8, 4) is 11.6 Å². The van der Waals surface area contributed by atoms with Gasteiger partial charge in [-0.3, -0.25) is 9.36 Å². The van der Waals surface area contributed by atoms with Crippen LogP contribution in [0.2, 0.25) is 0 Å². The standard InChI is InChI=1S/C11H10N2O3/c1-8(14)13-10(15)7-12(11(13)16)9-5-3-2-4-6-9/h2-7,15H,1H3. The van der Waals surface area contributed by atoms with Crippen LogP contribution in [0.3, 0.4) is 0 Å². The largest absolute Gasteiger partial charge is 0.493 e. The molecule has 0 atom stereocenters. The Morgan fingerprint density at radius 3 is 2.38 bits per heavy atom. The van der Waals surface area contributed by atoms with Crippen LogP contribution in [0.25, 0.3) is 5.69 Å². The third kappa shape index (κ3) is 1.52. The van der Waals surface area contributed by atoms with Gasteiger partial charge in [0.2, 0.25) is 11.8 Å². The maximum absolute atomic E-state index is 11.8. The highest BCUT2D eigenvalue weighted by atomic mass is 16.3. The summed E-state index contributed by atoms with van der Waals surface area (Å²) in [6, 6.07) is 8.78. The van der Waals surface area contributed by atoms with Gasteiger partial charge in [0.15, 0.2) is 0 Å². The van der Waals surface area contributed by atoms with Gasteiger partial charge in [-0.25, -0.2) is 4.79 Å². The molecular weight excluding hydrogens is 208 g/mol. The van der Waals surface area contributed by atoms with Crippen molar-refractivity contribution in [3.63, 3.8) is 0 Å². The zero-order valence-electron chi connectivity index (χ0n) is 8.62. The predicted molar refractivity (Wildman–Crippen MR) is 58.0 cm³/mol. The Bertz CT molecular complexity index is 581. The minimum absolute atomic E-state index is 0.360. The molecular formula is C11H10N2O3. The number of hydrogen-bond donors (Lipinski definition) is 1. The molecule has 0 fully saturated rings. The number of nitrogens with zero attached hydrogens (tertiary/aromatic N) is 2. The predicted octanol–water partition coefficient (Wildman–Crippen LogP) is 1.00. The van der Waals surface area contributed by atoms with Crippen molar-refractivity contribution in [2.75, 3.05) is 0 Å². The van der Waals surface area contributed by atoms with Crippen molar-refractivity contribution in [3.05, 3.63) is 47.0 Å². The van der Waals surface area contributed by atoms with Gasteiger partial charge in [-0.15, -0.1) is 0 Å². The number of hydrogen-bond acceptors (Lipinski definition) is 3. The first-order valence-electron chi connectivity index (χ1n) is 4.71. The number of para-hydroxylation sites is 1. The minimum Gasteiger partial charge on any atom is -0.493 e. The van der Waals surface area contributed by atoms with Gasteiger partial charge >= 0.3 is 5.69 Å². The summed E-state index contributed by atoms with van der Waals surface area (Å²) in [6.45, 7) is 1.22. The average molecular weight is 218 g/mol. The van der Waals surface area contributed by atoms with Gasteiger partial charge in [-0.2, -0.15) is 4.57 Å². The summed E-state index contributed by atoms with van der Waals surface area (Å²) in [6.07, 6.45) is 1.22. The van der Waals surface area contributed by atoms with Crippen LogP contribution in [0, 0.1) is 0 Å². The number of imidazole rings is 1. The summed E-state index contributed by atoms with van der Waals surface area (Å²) in [4.78, 5) is 22.9. The molecule has 0 unspecified atom stereocenters. The second kappa shape index (κ2) is 3.69. The van der Waals surface area contributed by atoms with Crippen molar-refractivity contribution in [1.82, 2.24) is 9.13 Å². The van der Waals surface area contributed by atoms with Gasteiger partial charge in [0.25, 0.3) is 0 Å². The van der Waals surface area contributed by atoms with Crippen LogP contribution in [0.1, 0.15) is 11.7 Å². The van der Waals surface area contributed by atoms with Gasteiger partial charge in [0.1, 0.15) is 0 Å². The number of aromatic nitrogens is 2. The van der Waals surface area contributed by atoms with Crippen LogP contribution >= 0.6 is 0 Å². The molecule has 0 bridgehead atoms. The lowest BCUT2D eigenvalue weighted by molar-refractivity contribution is 0.0923. The molecule has 5 heteroatoms. The third-order valence-electron chi connectivity index (χ3n) is 2.22. The Balaban J connectivity index is 2.66. The maximum atomic E-state index is 11.8. The lowest BCUT2D eigenvalue weighted by Gasteiger charge is -1.98.